The number of carbonyl (C=O) groups is 1. The van der Waals surface area contributed by atoms with Crippen LogP contribution in [0, 0.1) is 0 Å². The molecule has 2 rings (SSSR count). The van der Waals surface area contributed by atoms with Gasteiger partial charge in [-0.25, -0.2) is 9.78 Å². The van der Waals surface area contributed by atoms with E-state index in [9.17, 15) is 4.79 Å². The number of urea groups is 1. The molecule has 0 saturated carbocycles. The van der Waals surface area contributed by atoms with Gasteiger partial charge in [-0.3, -0.25) is 4.90 Å². The second-order valence-corrected chi connectivity index (χ2v) is 3.55. The van der Waals surface area contributed by atoms with Gasteiger partial charge in [0.2, 0.25) is 0 Å². The summed E-state index contributed by atoms with van der Waals surface area (Å²) in [6.07, 6.45) is 1.67. The zero-order chi connectivity index (χ0) is 9.26. The first kappa shape index (κ1) is 8.50. The SMILES string of the molecule is O=C1NCCN1c1ncccc1Br. The molecule has 0 radical (unpaired) electrons. The number of halogens is 1. The number of rotatable bonds is 1. The van der Waals surface area contributed by atoms with Crippen LogP contribution >= 0.6 is 15.9 Å². The summed E-state index contributed by atoms with van der Waals surface area (Å²) >= 11 is 3.35. The largest absolute Gasteiger partial charge is 0.336 e. The highest BCUT2D eigenvalue weighted by Crippen LogP contribution is 2.23. The van der Waals surface area contributed by atoms with Crippen LogP contribution in [0.4, 0.5) is 10.6 Å². The van der Waals surface area contributed by atoms with Crippen LogP contribution in [0.15, 0.2) is 22.8 Å². The maximum Gasteiger partial charge on any atom is 0.323 e. The van der Waals surface area contributed by atoms with Gasteiger partial charge >= 0.3 is 6.03 Å². The van der Waals surface area contributed by atoms with E-state index in [4.69, 9.17) is 0 Å². The van der Waals surface area contributed by atoms with E-state index in [-0.39, 0.29) is 6.03 Å². The van der Waals surface area contributed by atoms with Gasteiger partial charge in [0, 0.05) is 19.3 Å². The van der Waals surface area contributed by atoms with E-state index in [2.05, 4.69) is 26.2 Å². The topological polar surface area (TPSA) is 45.2 Å². The molecule has 1 fully saturated rings. The highest BCUT2D eigenvalue weighted by Gasteiger charge is 2.23. The van der Waals surface area contributed by atoms with Gasteiger partial charge in [0.15, 0.2) is 5.82 Å². The van der Waals surface area contributed by atoms with Crippen molar-refractivity contribution in [1.29, 1.82) is 0 Å². The van der Waals surface area contributed by atoms with Crippen molar-refractivity contribution < 1.29 is 4.79 Å². The summed E-state index contributed by atoms with van der Waals surface area (Å²) in [6, 6.07) is 3.61. The molecule has 1 N–H and O–H groups in total. The lowest BCUT2D eigenvalue weighted by molar-refractivity contribution is 0.252. The Bertz CT molecular complexity index is 342. The van der Waals surface area contributed by atoms with Gasteiger partial charge in [-0.05, 0) is 28.1 Å². The van der Waals surface area contributed by atoms with E-state index in [1.807, 2.05) is 12.1 Å². The number of carbonyl (C=O) groups excluding carboxylic acids is 1. The minimum Gasteiger partial charge on any atom is -0.336 e. The van der Waals surface area contributed by atoms with E-state index >= 15 is 0 Å². The highest BCUT2D eigenvalue weighted by atomic mass is 79.9. The van der Waals surface area contributed by atoms with Crippen LogP contribution in [0.2, 0.25) is 0 Å². The Kier molecular flexibility index (Phi) is 2.18. The summed E-state index contributed by atoms with van der Waals surface area (Å²) in [5.41, 5.74) is 0. The second kappa shape index (κ2) is 3.33. The Balaban J connectivity index is 2.34. The van der Waals surface area contributed by atoms with Crippen molar-refractivity contribution in [1.82, 2.24) is 10.3 Å². The van der Waals surface area contributed by atoms with Crippen LogP contribution in [-0.2, 0) is 0 Å². The minimum absolute atomic E-state index is 0.0839. The van der Waals surface area contributed by atoms with E-state index in [1.165, 1.54) is 0 Å². The van der Waals surface area contributed by atoms with Crippen molar-refractivity contribution in [3.05, 3.63) is 22.8 Å². The molecule has 2 amide bonds. The number of nitrogens with one attached hydrogen (secondary N) is 1. The molecule has 68 valence electrons. The van der Waals surface area contributed by atoms with Crippen molar-refractivity contribution >= 4 is 27.8 Å². The molecule has 0 unspecified atom stereocenters. The van der Waals surface area contributed by atoms with Crippen LogP contribution < -0.4 is 10.2 Å². The Hall–Kier alpha value is -1.10. The number of aromatic nitrogens is 1. The highest BCUT2D eigenvalue weighted by molar-refractivity contribution is 9.10. The first-order valence-corrected chi connectivity index (χ1v) is 4.74. The lowest BCUT2D eigenvalue weighted by Gasteiger charge is -2.13. The maximum atomic E-state index is 11.3. The molecule has 1 aliphatic rings. The number of pyridine rings is 1. The molecule has 2 heterocycles. The molecule has 1 aliphatic heterocycles. The third-order valence-corrected chi connectivity index (χ3v) is 2.47. The minimum atomic E-state index is -0.0839. The number of hydrogen-bond donors (Lipinski definition) is 1. The van der Waals surface area contributed by atoms with Crippen LogP contribution in [0.25, 0.3) is 0 Å². The van der Waals surface area contributed by atoms with Gasteiger partial charge in [-0.15, -0.1) is 0 Å². The lowest BCUT2D eigenvalue weighted by Crippen LogP contribution is -2.28. The van der Waals surface area contributed by atoms with E-state index in [1.54, 1.807) is 11.1 Å². The Morgan fingerprint density at radius 3 is 3.08 bits per heavy atom. The fraction of sp³-hybridized carbons (Fsp3) is 0.250. The predicted octanol–water partition coefficient (Wildman–Crippen LogP) is 1.37. The molecular weight excluding hydrogens is 234 g/mol. The van der Waals surface area contributed by atoms with Crippen LogP contribution in [0.1, 0.15) is 0 Å². The molecule has 1 aromatic rings. The zero-order valence-electron chi connectivity index (χ0n) is 6.83. The molecule has 13 heavy (non-hydrogen) atoms. The molecule has 1 aromatic heterocycles. The Labute approximate surface area is 84.1 Å². The number of nitrogens with zero attached hydrogens (tertiary/aromatic N) is 2. The number of anilines is 1. The average Bonchev–Trinajstić information content (AvgIpc) is 2.52. The maximum absolute atomic E-state index is 11.3. The molecular formula is C8H8BrN3O. The molecule has 5 heteroatoms. The summed E-state index contributed by atoms with van der Waals surface area (Å²) in [7, 11) is 0. The molecule has 0 aliphatic carbocycles. The summed E-state index contributed by atoms with van der Waals surface area (Å²) < 4.78 is 0.840. The Morgan fingerprint density at radius 1 is 1.62 bits per heavy atom. The van der Waals surface area contributed by atoms with Crippen molar-refractivity contribution in [2.75, 3.05) is 18.0 Å². The number of hydrogen-bond acceptors (Lipinski definition) is 2. The van der Waals surface area contributed by atoms with Gasteiger partial charge in [-0.2, -0.15) is 0 Å². The molecule has 0 spiro atoms. The number of amides is 2. The fourth-order valence-corrected chi connectivity index (χ4v) is 1.72. The summed E-state index contributed by atoms with van der Waals surface area (Å²) in [4.78, 5) is 17.0. The van der Waals surface area contributed by atoms with E-state index in [0.29, 0.717) is 18.9 Å². The molecule has 0 aromatic carbocycles. The first-order valence-electron chi connectivity index (χ1n) is 3.95. The first-order chi connectivity index (χ1) is 6.29. The third-order valence-electron chi connectivity index (χ3n) is 1.85. The molecule has 0 bridgehead atoms. The normalized spacial score (nSPS) is 16.1. The predicted molar refractivity (Wildman–Crippen MR) is 52.7 cm³/mol. The molecule has 0 atom stereocenters. The van der Waals surface area contributed by atoms with Crippen molar-refractivity contribution in [3.63, 3.8) is 0 Å². The quantitative estimate of drug-likeness (QED) is 0.808. The van der Waals surface area contributed by atoms with E-state index in [0.717, 1.165) is 4.47 Å². The molecule has 4 nitrogen and oxygen atoms in total. The standard InChI is InChI=1S/C8H8BrN3O/c9-6-2-1-3-10-7(6)12-5-4-11-8(12)13/h1-3H,4-5H2,(H,11,13). The van der Waals surface area contributed by atoms with Crippen LogP contribution in [0.3, 0.4) is 0 Å². The fourth-order valence-electron chi connectivity index (χ4n) is 1.25. The van der Waals surface area contributed by atoms with Gasteiger partial charge in [0.1, 0.15) is 0 Å². The second-order valence-electron chi connectivity index (χ2n) is 2.69. The van der Waals surface area contributed by atoms with Gasteiger partial charge < -0.3 is 5.32 Å². The lowest BCUT2D eigenvalue weighted by atomic mass is 10.4. The van der Waals surface area contributed by atoms with Gasteiger partial charge in [-0.1, -0.05) is 0 Å². The molecule has 1 saturated heterocycles. The average molecular weight is 242 g/mol. The van der Waals surface area contributed by atoms with Crippen molar-refractivity contribution in [2.45, 2.75) is 0 Å². The zero-order valence-corrected chi connectivity index (χ0v) is 8.41. The van der Waals surface area contributed by atoms with Crippen LogP contribution in [0.5, 0.6) is 0 Å². The smallest absolute Gasteiger partial charge is 0.323 e. The third kappa shape index (κ3) is 1.51. The van der Waals surface area contributed by atoms with E-state index < -0.39 is 0 Å². The van der Waals surface area contributed by atoms with Gasteiger partial charge in [0.25, 0.3) is 0 Å². The van der Waals surface area contributed by atoms with Crippen molar-refractivity contribution in [3.8, 4) is 0 Å². The Morgan fingerprint density at radius 2 is 2.46 bits per heavy atom. The summed E-state index contributed by atoms with van der Waals surface area (Å²) in [6.45, 7) is 1.36. The van der Waals surface area contributed by atoms with Crippen molar-refractivity contribution in [2.24, 2.45) is 0 Å². The summed E-state index contributed by atoms with van der Waals surface area (Å²) in [5.74, 6) is 0.678. The van der Waals surface area contributed by atoms with Gasteiger partial charge in [0.05, 0.1) is 4.47 Å². The van der Waals surface area contributed by atoms with Crippen LogP contribution in [-0.4, -0.2) is 24.1 Å². The monoisotopic (exact) mass is 241 g/mol. The summed E-state index contributed by atoms with van der Waals surface area (Å²) in [5, 5.41) is 2.72.